The molecule has 1 fully saturated rings. The molecule has 0 aliphatic heterocycles. The second kappa shape index (κ2) is 4.13. The highest BCUT2D eigenvalue weighted by atomic mass is 32.1. The van der Waals surface area contributed by atoms with Crippen molar-refractivity contribution in [3.8, 4) is 0 Å². The summed E-state index contributed by atoms with van der Waals surface area (Å²) in [6.45, 7) is 0. The van der Waals surface area contributed by atoms with Crippen LogP contribution in [0.4, 0.5) is 8.78 Å². The van der Waals surface area contributed by atoms with Gasteiger partial charge in [-0.25, -0.2) is 8.78 Å². The van der Waals surface area contributed by atoms with Crippen LogP contribution in [0.1, 0.15) is 30.7 Å². The minimum Gasteiger partial charge on any atom is -0.481 e. The summed E-state index contributed by atoms with van der Waals surface area (Å²) in [7, 11) is 0. The van der Waals surface area contributed by atoms with E-state index in [0.29, 0.717) is 0 Å². The largest absolute Gasteiger partial charge is 0.481 e. The molecule has 0 aromatic carbocycles. The van der Waals surface area contributed by atoms with Crippen molar-refractivity contribution in [2.45, 2.75) is 31.1 Å². The standard InChI is InChI=1S/C11H12F2O2S/c12-11(13)3-1-8(10(14)15)9(5-11)7-2-4-16-6-7/h2,4,6,8-9H,1,3,5H2,(H,14,15)/t8-,9+/m1/s1. The maximum absolute atomic E-state index is 13.3. The van der Waals surface area contributed by atoms with Crippen LogP contribution in [0.2, 0.25) is 0 Å². The molecule has 0 amide bonds. The van der Waals surface area contributed by atoms with Crippen LogP contribution in [0.15, 0.2) is 16.8 Å². The Morgan fingerprint density at radius 1 is 1.56 bits per heavy atom. The highest BCUT2D eigenvalue weighted by Gasteiger charge is 2.44. The molecule has 1 N–H and O–H groups in total. The lowest BCUT2D eigenvalue weighted by Gasteiger charge is -2.33. The van der Waals surface area contributed by atoms with Crippen molar-refractivity contribution in [1.29, 1.82) is 0 Å². The van der Waals surface area contributed by atoms with E-state index < -0.39 is 23.7 Å². The summed E-state index contributed by atoms with van der Waals surface area (Å²) in [6.07, 6.45) is -0.603. The van der Waals surface area contributed by atoms with Crippen molar-refractivity contribution >= 4 is 17.3 Å². The predicted molar refractivity (Wildman–Crippen MR) is 57.0 cm³/mol. The third-order valence-electron chi connectivity index (χ3n) is 3.11. The molecule has 1 aromatic heterocycles. The predicted octanol–water partition coefficient (Wildman–Crippen LogP) is 3.35. The van der Waals surface area contributed by atoms with Gasteiger partial charge in [0.1, 0.15) is 0 Å². The number of carbonyl (C=O) groups is 1. The van der Waals surface area contributed by atoms with E-state index in [-0.39, 0.29) is 19.3 Å². The van der Waals surface area contributed by atoms with Crippen molar-refractivity contribution in [2.75, 3.05) is 0 Å². The van der Waals surface area contributed by atoms with Crippen LogP contribution in [0.5, 0.6) is 0 Å². The summed E-state index contributed by atoms with van der Waals surface area (Å²) in [5, 5.41) is 12.6. The molecule has 5 heteroatoms. The monoisotopic (exact) mass is 246 g/mol. The summed E-state index contributed by atoms with van der Waals surface area (Å²) < 4.78 is 26.6. The van der Waals surface area contributed by atoms with Crippen molar-refractivity contribution < 1.29 is 18.7 Å². The van der Waals surface area contributed by atoms with E-state index in [1.807, 2.05) is 0 Å². The molecule has 0 unspecified atom stereocenters. The molecule has 2 rings (SSSR count). The molecular weight excluding hydrogens is 234 g/mol. The number of alkyl halides is 2. The summed E-state index contributed by atoms with van der Waals surface area (Å²) >= 11 is 1.41. The molecule has 1 aliphatic rings. The number of hydrogen-bond donors (Lipinski definition) is 1. The SMILES string of the molecule is O=C(O)[C@@H]1CCC(F)(F)C[C@H]1c1ccsc1. The van der Waals surface area contributed by atoms with Gasteiger partial charge in [0, 0.05) is 18.8 Å². The Bertz CT molecular complexity index is 375. The Kier molecular flexibility index (Phi) is 2.97. The number of thiophene rings is 1. The van der Waals surface area contributed by atoms with Gasteiger partial charge in [-0.1, -0.05) is 0 Å². The van der Waals surface area contributed by atoms with Crippen LogP contribution >= 0.6 is 11.3 Å². The van der Waals surface area contributed by atoms with Gasteiger partial charge in [-0.05, 0) is 28.8 Å². The zero-order valence-corrected chi connectivity index (χ0v) is 9.34. The number of carboxylic acids is 1. The highest BCUT2D eigenvalue weighted by Crippen LogP contribution is 2.45. The van der Waals surface area contributed by atoms with E-state index in [2.05, 4.69) is 0 Å². The molecule has 1 heterocycles. The smallest absolute Gasteiger partial charge is 0.307 e. The molecule has 0 saturated heterocycles. The number of aliphatic carboxylic acids is 1. The van der Waals surface area contributed by atoms with E-state index in [0.717, 1.165) is 5.56 Å². The number of carboxylic acid groups (broad SMARTS) is 1. The maximum Gasteiger partial charge on any atom is 0.307 e. The van der Waals surface area contributed by atoms with Crippen LogP contribution in [-0.4, -0.2) is 17.0 Å². The van der Waals surface area contributed by atoms with E-state index in [1.54, 1.807) is 16.8 Å². The second-order valence-corrected chi connectivity index (χ2v) is 4.99. The number of hydrogen-bond acceptors (Lipinski definition) is 2. The average molecular weight is 246 g/mol. The number of halogens is 2. The fraction of sp³-hybridized carbons (Fsp3) is 0.545. The molecule has 2 atom stereocenters. The summed E-state index contributed by atoms with van der Waals surface area (Å²) in [6, 6.07) is 1.74. The second-order valence-electron chi connectivity index (χ2n) is 4.21. The Balaban J connectivity index is 2.25. The fourth-order valence-electron chi connectivity index (χ4n) is 2.27. The summed E-state index contributed by atoms with van der Waals surface area (Å²) in [5.74, 6) is -4.91. The Morgan fingerprint density at radius 3 is 2.88 bits per heavy atom. The van der Waals surface area contributed by atoms with Crippen LogP contribution in [0.25, 0.3) is 0 Å². The Hall–Kier alpha value is -0.970. The van der Waals surface area contributed by atoms with Crippen molar-refractivity contribution in [3.05, 3.63) is 22.4 Å². The van der Waals surface area contributed by atoms with Gasteiger partial charge in [-0.3, -0.25) is 4.79 Å². The fourth-order valence-corrected chi connectivity index (χ4v) is 2.99. The van der Waals surface area contributed by atoms with Gasteiger partial charge in [0.2, 0.25) is 5.92 Å². The van der Waals surface area contributed by atoms with Gasteiger partial charge in [0.25, 0.3) is 0 Å². The lowest BCUT2D eigenvalue weighted by molar-refractivity contribution is -0.147. The van der Waals surface area contributed by atoms with E-state index >= 15 is 0 Å². The van der Waals surface area contributed by atoms with E-state index in [9.17, 15) is 13.6 Å². The molecule has 0 spiro atoms. The average Bonchev–Trinajstić information content (AvgIpc) is 2.68. The molecule has 1 saturated carbocycles. The van der Waals surface area contributed by atoms with Gasteiger partial charge < -0.3 is 5.11 Å². The third-order valence-corrected chi connectivity index (χ3v) is 3.82. The molecule has 88 valence electrons. The van der Waals surface area contributed by atoms with Gasteiger partial charge >= 0.3 is 5.97 Å². The van der Waals surface area contributed by atoms with E-state index in [1.165, 1.54) is 11.3 Å². The van der Waals surface area contributed by atoms with Crippen molar-refractivity contribution in [1.82, 2.24) is 0 Å². The summed E-state index contributed by atoms with van der Waals surface area (Å²) in [5.41, 5.74) is 0.733. The van der Waals surface area contributed by atoms with Crippen LogP contribution in [0.3, 0.4) is 0 Å². The first-order valence-corrected chi connectivity index (χ1v) is 6.06. The molecule has 16 heavy (non-hydrogen) atoms. The normalized spacial score (nSPS) is 28.9. The van der Waals surface area contributed by atoms with Crippen molar-refractivity contribution in [3.63, 3.8) is 0 Å². The van der Waals surface area contributed by atoms with Crippen LogP contribution in [-0.2, 0) is 4.79 Å². The van der Waals surface area contributed by atoms with E-state index in [4.69, 9.17) is 5.11 Å². The lowest BCUT2D eigenvalue weighted by atomic mass is 9.74. The quantitative estimate of drug-likeness (QED) is 0.868. The molecular formula is C11H12F2O2S. The van der Waals surface area contributed by atoms with Crippen LogP contribution < -0.4 is 0 Å². The minimum absolute atomic E-state index is 0.0584. The molecule has 0 bridgehead atoms. The molecule has 1 aliphatic carbocycles. The first-order valence-electron chi connectivity index (χ1n) is 5.12. The van der Waals surface area contributed by atoms with Gasteiger partial charge in [0.05, 0.1) is 5.92 Å². The first-order chi connectivity index (χ1) is 7.49. The first kappa shape index (κ1) is 11.5. The van der Waals surface area contributed by atoms with Gasteiger partial charge in [0.15, 0.2) is 0 Å². The lowest BCUT2D eigenvalue weighted by Crippen LogP contribution is -2.34. The topological polar surface area (TPSA) is 37.3 Å². The summed E-state index contributed by atoms with van der Waals surface area (Å²) in [4.78, 5) is 11.0. The Labute approximate surface area is 95.9 Å². The molecule has 1 aromatic rings. The zero-order valence-electron chi connectivity index (χ0n) is 8.53. The van der Waals surface area contributed by atoms with Gasteiger partial charge in [-0.15, -0.1) is 0 Å². The van der Waals surface area contributed by atoms with Crippen LogP contribution in [0, 0.1) is 5.92 Å². The zero-order chi connectivity index (χ0) is 11.8. The molecule has 0 radical (unpaired) electrons. The van der Waals surface area contributed by atoms with Crippen molar-refractivity contribution in [2.24, 2.45) is 5.92 Å². The third kappa shape index (κ3) is 2.24. The number of rotatable bonds is 2. The van der Waals surface area contributed by atoms with Gasteiger partial charge in [-0.2, -0.15) is 11.3 Å². The Morgan fingerprint density at radius 2 is 2.31 bits per heavy atom. The molecule has 2 nitrogen and oxygen atoms in total. The maximum atomic E-state index is 13.3. The highest BCUT2D eigenvalue weighted by molar-refractivity contribution is 7.08. The minimum atomic E-state index is -2.72.